The molecule has 6 heteroatoms. The Labute approximate surface area is 113 Å². The van der Waals surface area contributed by atoms with Gasteiger partial charge >= 0.3 is 0 Å². The Morgan fingerprint density at radius 2 is 2.17 bits per heavy atom. The maximum atomic E-state index is 10.9. The van der Waals surface area contributed by atoms with Gasteiger partial charge in [-0.25, -0.2) is 0 Å². The van der Waals surface area contributed by atoms with Crippen LogP contribution in [0, 0.1) is 10.1 Å². The van der Waals surface area contributed by atoms with Crippen LogP contribution < -0.4 is 5.32 Å². The second kappa shape index (κ2) is 5.95. The molecule has 94 valence electrons. The van der Waals surface area contributed by atoms with Gasteiger partial charge in [-0.1, -0.05) is 17.7 Å². The van der Waals surface area contributed by atoms with Crippen molar-refractivity contribution in [3.8, 4) is 0 Å². The van der Waals surface area contributed by atoms with E-state index in [0.29, 0.717) is 23.7 Å². The molecular weight excluding hydrogens is 272 g/mol. The highest BCUT2D eigenvalue weighted by Gasteiger charge is 2.15. The number of nitro groups is 1. The van der Waals surface area contributed by atoms with Gasteiger partial charge in [0.2, 0.25) is 0 Å². The molecule has 0 bridgehead atoms. The molecule has 2 rings (SSSR count). The van der Waals surface area contributed by atoms with Crippen molar-refractivity contribution in [1.82, 2.24) is 5.32 Å². The predicted octanol–water partition coefficient (Wildman–Crippen LogP) is 3.60. The second-order valence-corrected chi connectivity index (χ2v) is 4.92. The molecule has 0 atom stereocenters. The van der Waals surface area contributed by atoms with E-state index in [-0.39, 0.29) is 5.69 Å². The van der Waals surface area contributed by atoms with Crippen molar-refractivity contribution in [3.63, 3.8) is 0 Å². The number of hydrogen-bond donors (Lipinski definition) is 1. The Kier molecular flexibility index (Phi) is 4.30. The number of thiophene rings is 1. The van der Waals surface area contributed by atoms with Gasteiger partial charge in [0, 0.05) is 19.2 Å². The first-order chi connectivity index (χ1) is 8.68. The lowest BCUT2D eigenvalue weighted by Crippen LogP contribution is -2.13. The summed E-state index contributed by atoms with van der Waals surface area (Å²) in [7, 11) is 0. The summed E-state index contributed by atoms with van der Waals surface area (Å²) in [6.45, 7) is 1.05. The fourth-order valence-electron chi connectivity index (χ4n) is 1.62. The summed E-state index contributed by atoms with van der Waals surface area (Å²) >= 11 is 7.61. The Morgan fingerprint density at radius 3 is 2.83 bits per heavy atom. The lowest BCUT2D eigenvalue weighted by atomic mass is 10.1. The maximum Gasteiger partial charge on any atom is 0.275 e. The number of benzene rings is 1. The van der Waals surface area contributed by atoms with Crippen molar-refractivity contribution in [2.24, 2.45) is 0 Å². The van der Waals surface area contributed by atoms with Crippen LogP contribution in [0.4, 0.5) is 5.69 Å². The number of nitrogens with one attached hydrogen (secondary N) is 1. The van der Waals surface area contributed by atoms with Crippen molar-refractivity contribution < 1.29 is 4.92 Å². The minimum Gasteiger partial charge on any atom is -0.308 e. The molecule has 1 aromatic heterocycles. The van der Waals surface area contributed by atoms with E-state index in [1.807, 2.05) is 16.8 Å². The highest BCUT2D eigenvalue weighted by Crippen LogP contribution is 2.25. The van der Waals surface area contributed by atoms with E-state index in [1.165, 1.54) is 6.07 Å². The lowest BCUT2D eigenvalue weighted by Gasteiger charge is -2.06. The molecule has 0 spiro atoms. The van der Waals surface area contributed by atoms with Crippen molar-refractivity contribution in [3.05, 3.63) is 61.3 Å². The molecular formula is C12H11ClN2O2S. The van der Waals surface area contributed by atoms with Crippen molar-refractivity contribution >= 4 is 28.6 Å². The van der Waals surface area contributed by atoms with Crippen LogP contribution in [0.1, 0.15) is 11.1 Å². The van der Waals surface area contributed by atoms with Gasteiger partial charge in [-0.05, 0) is 28.5 Å². The Bertz CT molecular complexity index is 543. The number of hydrogen-bond acceptors (Lipinski definition) is 4. The van der Waals surface area contributed by atoms with Crippen LogP contribution in [0.25, 0.3) is 0 Å². The van der Waals surface area contributed by atoms with Crippen LogP contribution in [0.2, 0.25) is 5.02 Å². The third-order valence-corrected chi connectivity index (χ3v) is 3.59. The van der Waals surface area contributed by atoms with Gasteiger partial charge < -0.3 is 5.32 Å². The molecule has 1 heterocycles. The van der Waals surface area contributed by atoms with Gasteiger partial charge in [0.25, 0.3) is 5.69 Å². The number of halogens is 1. The topological polar surface area (TPSA) is 55.2 Å². The minimum absolute atomic E-state index is 0.0559. The number of nitrogens with zero attached hydrogens (tertiary/aromatic N) is 1. The zero-order valence-corrected chi connectivity index (χ0v) is 11.0. The summed E-state index contributed by atoms with van der Waals surface area (Å²) in [5.74, 6) is 0. The van der Waals surface area contributed by atoms with E-state index in [1.54, 1.807) is 23.5 Å². The van der Waals surface area contributed by atoms with E-state index < -0.39 is 4.92 Å². The Morgan fingerprint density at radius 1 is 1.33 bits per heavy atom. The Hall–Kier alpha value is -1.43. The normalized spacial score (nSPS) is 10.5. The lowest BCUT2D eigenvalue weighted by molar-refractivity contribution is -0.385. The molecule has 0 radical (unpaired) electrons. The molecule has 0 fully saturated rings. The molecule has 0 aliphatic heterocycles. The number of nitro benzene ring substituents is 1. The molecule has 0 aliphatic rings. The second-order valence-electron chi connectivity index (χ2n) is 3.73. The summed E-state index contributed by atoms with van der Waals surface area (Å²) in [5, 5.41) is 18.5. The summed E-state index contributed by atoms with van der Waals surface area (Å²) in [6, 6.07) is 6.73. The summed E-state index contributed by atoms with van der Waals surface area (Å²) in [6.07, 6.45) is 0. The third-order valence-electron chi connectivity index (χ3n) is 2.50. The third kappa shape index (κ3) is 3.07. The first-order valence-corrected chi connectivity index (χ1v) is 6.64. The van der Waals surface area contributed by atoms with Gasteiger partial charge in [-0.2, -0.15) is 11.3 Å². The molecule has 4 nitrogen and oxygen atoms in total. The standard InChI is InChI=1S/C12H11ClN2O2S/c13-11-2-1-3-12(15(16)17)10(11)7-14-6-9-4-5-18-8-9/h1-5,8,14H,6-7H2. The molecule has 0 amide bonds. The van der Waals surface area contributed by atoms with Gasteiger partial charge in [0.05, 0.1) is 15.5 Å². The van der Waals surface area contributed by atoms with Gasteiger partial charge in [-0.15, -0.1) is 0 Å². The zero-order valence-electron chi connectivity index (χ0n) is 9.43. The quantitative estimate of drug-likeness (QED) is 0.673. The Balaban J connectivity index is 2.06. The van der Waals surface area contributed by atoms with Crippen LogP contribution >= 0.6 is 22.9 Å². The van der Waals surface area contributed by atoms with Gasteiger partial charge in [0.15, 0.2) is 0 Å². The predicted molar refractivity (Wildman–Crippen MR) is 73.0 cm³/mol. The van der Waals surface area contributed by atoms with Crippen LogP contribution in [0.15, 0.2) is 35.0 Å². The largest absolute Gasteiger partial charge is 0.308 e. The van der Waals surface area contributed by atoms with Crippen molar-refractivity contribution in [1.29, 1.82) is 0 Å². The van der Waals surface area contributed by atoms with Crippen LogP contribution in [-0.2, 0) is 13.1 Å². The van der Waals surface area contributed by atoms with Crippen molar-refractivity contribution in [2.75, 3.05) is 0 Å². The summed E-state index contributed by atoms with van der Waals surface area (Å²) < 4.78 is 0. The van der Waals surface area contributed by atoms with E-state index in [0.717, 1.165) is 5.56 Å². The number of rotatable bonds is 5. The average molecular weight is 283 g/mol. The summed E-state index contributed by atoms with van der Waals surface area (Å²) in [4.78, 5) is 10.5. The fraction of sp³-hybridized carbons (Fsp3) is 0.167. The zero-order chi connectivity index (χ0) is 13.0. The minimum atomic E-state index is -0.409. The van der Waals surface area contributed by atoms with E-state index in [4.69, 9.17) is 11.6 Å². The first kappa shape index (κ1) is 13.0. The van der Waals surface area contributed by atoms with Crippen molar-refractivity contribution in [2.45, 2.75) is 13.1 Å². The first-order valence-electron chi connectivity index (χ1n) is 5.32. The fourth-order valence-corrected chi connectivity index (χ4v) is 2.52. The van der Waals surface area contributed by atoms with Crippen LogP contribution in [0.3, 0.4) is 0 Å². The van der Waals surface area contributed by atoms with Gasteiger partial charge in [0.1, 0.15) is 0 Å². The molecule has 18 heavy (non-hydrogen) atoms. The summed E-state index contributed by atoms with van der Waals surface area (Å²) in [5.41, 5.74) is 1.74. The molecule has 1 aromatic carbocycles. The van der Waals surface area contributed by atoms with E-state index >= 15 is 0 Å². The van der Waals surface area contributed by atoms with Crippen LogP contribution in [-0.4, -0.2) is 4.92 Å². The van der Waals surface area contributed by atoms with Crippen LogP contribution in [0.5, 0.6) is 0 Å². The highest BCUT2D eigenvalue weighted by atomic mass is 35.5. The maximum absolute atomic E-state index is 10.9. The SMILES string of the molecule is O=[N+]([O-])c1cccc(Cl)c1CNCc1ccsc1. The van der Waals surface area contributed by atoms with Gasteiger partial charge in [-0.3, -0.25) is 10.1 Å². The molecule has 0 saturated carbocycles. The monoisotopic (exact) mass is 282 g/mol. The highest BCUT2D eigenvalue weighted by molar-refractivity contribution is 7.07. The molecule has 1 N–H and O–H groups in total. The molecule has 0 aliphatic carbocycles. The molecule has 0 saturated heterocycles. The van der Waals surface area contributed by atoms with E-state index in [9.17, 15) is 10.1 Å². The molecule has 2 aromatic rings. The molecule has 0 unspecified atom stereocenters. The average Bonchev–Trinajstić information content (AvgIpc) is 2.84. The smallest absolute Gasteiger partial charge is 0.275 e. The van der Waals surface area contributed by atoms with E-state index in [2.05, 4.69) is 5.32 Å².